The average Bonchev–Trinajstić information content (AvgIpc) is 2.62. The fourth-order valence-electron chi connectivity index (χ4n) is 3.70. The van der Waals surface area contributed by atoms with Crippen LogP contribution < -0.4 is 4.90 Å². The molecule has 0 N–H and O–H groups in total. The summed E-state index contributed by atoms with van der Waals surface area (Å²) in [6.45, 7) is 4.41. The summed E-state index contributed by atoms with van der Waals surface area (Å²) in [7, 11) is 2.19. The maximum absolute atomic E-state index is 12.5. The largest absolute Gasteiger partial charge is 0.353 e. The van der Waals surface area contributed by atoms with E-state index in [1.165, 1.54) is 25.8 Å². The van der Waals surface area contributed by atoms with Gasteiger partial charge in [0.1, 0.15) is 5.82 Å². The minimum absolute atomic E-state index is 0.303. The first kappa shape index (κ1) is 17.5. The molecule has 1 unspecified atom stereocenters. The molecular formula is C18H27ClN4O. The Labute approximate surface area is 149 Å². The first-order chi connectivity index (χ1) is 11.6. The van der Waals surface area contributed by atoms with Crippen LogP contribution in [0.4, 0.5) is 5.82 Å². The van der Waals surface area contributed by atoms with Gasteiger partial charge in [0.25, 0.3) is 0 Å². The number of halogens is 1. The molecular weight excluding hydrogens is 324 g/mol. The summed E-state index contributed by atoms with van der Waals surface area (Å²) in [5.41, 5.74) is 0. The van der Waals surface area contributed by atoms with E-state index in [0.29, 0.717) is 23.4 Å². The molecule has 2 aliphatic heterocycles. The van der Waals surface area contributed by atoms with Crippen molar-refractivity contribution in [2.24, 2.45) is 0 Å². The van der Waals surface area contributed by atoms with Crippen LogP contribution in [-0.2, 0) is 4.79 Å². The van der Waals surface area contributed by atoms with Crippen LogP contribution in [-0.4, -0.2) is 66.5 Å². The van der Waals surface area contributed by atoms with Crippen LogP contribution in [0, 0.1) is 0 Å². The Hall–Kier alpha value is -1.33. The summed E-state index contributed by atoms with van der Waals surface area (Å²) < 4.78 is 0. The average molecular weight is 351 g/mol. The first-order valence-corrected chi connectivity index (χ1v) is 9.36. The molecule has 1 amide bonds. The normalized spacial score (nSPS) is 22.7. The molecule has 1 atom stereocenters. The zero-order valence-corrected chi connectivity index (χ0v) is 15.2. The Morgan fingerprint density at radius 2 is 2.00 bits per heavy atom. The van der Waals surface area contributed by atoms with Gasteiger partial charge in [0.05, 0.1) is 5.02 Å². The van der Waals surface area contributed by atoms with Crippen LogP contribution in [0.5, 0.6) is 0 Å². The van der Waals surface area contributed by atoms with Gasteiger partial charge >= 0.3 is 0 Å². The third-order valence-electron chi connectivity index (χ3n) is 5.28. The van der Waals surface area contributed by atoms with E-state index in [2.05, 4.69) is 21.8 Å². The van der Waals surface area contributed by atoms with Crippen molar-refractivity contribution in [1.82, 2.24) is 14.8 Å². The second-order valence-electron chi connectivity index (χ2n) is 6.87. The number of amides is 1. The van der Waals surface area contributed by atoms with E-state index in [1.807, 2.05) is 17.0 Å². The Morgan fingerprint density at radius 1 is 1.21 bits per heavy atom. The lowest BCUT2D eigenvalue weighted by Crippen LogP contribution is -2.49. The van der Waals surface area contributed by atoms with Gasteiger partial charge in [-0.1, -0.05) is 18.0 Å². The van der Waals surface area contributed by atoms with Crippen molar-refractivity contribution >= 4 is 23.3 Å². The van der Waals surface area contributed by atoms with Crippen molar-refractivity contribution in [1.29, 1.82) is 0 Å². The standard InChI is InChI=1S/C18H27ClN4O/c1-21-9-3-2-4-16(21)6-8-18(24)23-12-10-22(11-13-23)17-7-5-15(19)14-20-17/h5,7,14,16H,2-4,6,8-13H2,1H3. The number of hydrogen-bond donors (Lipinski definition) is 0. The molecule has 2 saturated heterocycles. The molecule has 0 bridgehead atoms. The fourth-order valence-corrected chi connectivity index (χ4v) is 3.81. The summed E-state index contributed by atoms with van der Waals surface area (Å²) in [6.07, 6.45) is 7.18. The molecule has 24 heavy (non-hydrogen) atoms. The fraction of sp³-hybridized carbons (Fsp3) is 0.667. The number of nitrogens with zero attached hydrogens (tertiary/aromatic N) is 4. The third kappa shape index (κ3) is 4.39. The van der Waals surface area contributed by atoms with Gasteiger partial charge in [-0.05, 0) is 45.0 Å². The zero-order chi connectivity index (χ0) is 16.9. The number of carbonyl (C=O) groups excluding carboxylic acids is 1. The van der Waals surface area contributed by atoms with E-state index in [0.717, 1.165) is 38.4 Å². The minimum Gasteiger partial charge on any atom is -0.353 e. The van der Waals surface area contributed by atoms with E-state index in [-0.39, 0.29) is 0 Å². The predicted molar refractivity (Wildman–Crippen MR) is 97.5 cm³/mol. The number of aromatic nitrogens is 1. The van der Waals surface area contributed by atoms with Gasteiger partial charge in [-0.15, -0.1) is 0 Å². The van der Waals surface area contributed by atoms with Gasteiger partial charge in [-0.25, -0.2) is 4.98 Å². The van der Waals surface area contributed by atoms with Gasteiger partial charge in [0.15, 0.2) is 0 Å². The number of piperidine rings is 1. The van der Waals surface area contributed by atoms with Crippen molar-refractivity contribution in [3.05, 3.63) is 23.4 Å². The molecule has 6 heteroatoms. The van der Waals surface area contributed by atoms with E-state index in [1.54, 1.807) is 6.20 Å². The van der Waals surface area contributed by atoms with Gasteiger partial charge < -0.3 is 14.7 Å². The molecule has 5 nitrogen and oxygen atoms in total. The summed E-state index contributed by atoms with van der Waals surface area (Å²) in [4.78, 5) is 23.5. The van der Waals surface area contributed by atoms with Crippen LogP contribution in [0.3, 0.4) is 0 Å². The summed E-state index contributed by atoms with van der Waals surface area (Å²) in [5.74, 6) is 1.24. The van der Waals surface area contributed by atoms with Crippen molar-refractivity contribution in [3.63, 3.8) is 0 Å². The Morgan fingerprint density at radius 3 is 2.67 bits per heavy atom. The molecule has 0 radical (unpaired) electrons. The van der Waals surface area contributed by atoms with Gasteiger partial charge in [-0.2, -0.15) is 0 Å². The number of carbonyl (C=O) groups is 1. The molecule has 1 aromatic rings. The van der Waals surface area contributed by atoms with Crippen LogP contribution >= 0.6 is 11.6 Å². The van der Waals surface area contributed by atoms with Crippen LogP contribution in [0.15, 0.2) is 18.3 Å². The monoisotopic (exact) mass is 350 g/mol. The number of rotatable bonds is 4. The van der Waals surface area contributed by atoms with Crippen LogP contribution in [0.1, 0.15) is 32.1 Å². The lowest BCUT2D eigenvalue weighted by atomic mass is 9.98. The third-order valence-corrected chi connectivity index (χ3v) is 5.50. The van der Waals surface area contributed by atoms with Crippen LogP contribution in [0.25, 0.3) is 0 Å². The lowest BCUT2D eigenvalue weighted by Gasteiger charge is -2.36. The highest BCUT2D eigenvalue weighted by atomic mass is 35.5. The second kappa shape index (κ2) is 8.17. The van der Waals surface area contributed by atoms with Gasteiger partial charge in [0.2, 0.25) is 5.91 Å². The lowest BCUT2D eigenvalue weighted by molar-refractivity contribution is -0.131. The molecule has 3 rings (SSSR count). The van der Waals surface area contributed by atoms with E-state index < -0.39 is 0 Å². The summed E-state index contributed by atoms with van der Waals surface area (Å²) in [6, 6.07) is 4.39. The quantitative estimate of drug-likeness (QED) is 0.837. The predicted octanol–water partition coefficient (Wildman–Crippen LogP) is 2.65. The van der Waals surface area contributed by atoms with Gasteiger partial charge in [0, 0.05) is 44.8 Å². The van der Waals surface area contributed by atoms with Crippen molar-refractivity contribution < 1.29 is 4.79 Å². The first-order valence-electron chi connectivity index (χ1n) is 8.98. The molecule has 0 saturated carbocycles. The second-order valence-corrected chi connectivity index (χ2v) is 7.31. The molecule has 0 aromatic carbocycles. The maximum Gasteiger partial charge on any atom is 0.222 e. The van der Waals surface area contributed by atoms with Crippen LogP contribution in [0.2, 0.25) is 5.02 Å². The van der Waals surface area contributed by atoms with Crippen molar-refractivity contribution in [2.75, 3.05) is 44.7 Å². The topological polar surface area (TPSA) is 39.7 Å². The maximum atomic E-state index is 12.5. The molecule has 3 heterocycles. The van der Waals surface area contributed by atoms with E-state index >= 15 is 0 Å². The highest BCUT2D eigenvalue weighted by Gasteiger charge is 2.24. The molecule has 1 aromatic heterocycles. The molecule has 2 aliphatic rings. The van der Waals surface area contributed by atoms with E-state index in [4.69, 9.17) is 11.6 Å². The van der Waals surface area contributed by atoms with E-state index in [9.17, 15) is 4.79 Å². The Balaban J connectivity index is 1.44. The number of pyridine rings is 1. The molecule has 2 fully saturated rings. The number of likely N-dealkylation sites (tertiary alicyclic amines) is 1. The minimum atomic E-state index is 0.303. The van der Waals surface area contributed by atoms with Crippen molar-refractivity contribution in [3.8, 4) is 0 Å². The number of piperazine rings is 1. The number of anilines is 1. The zero-order valence-electron chi connectivity index (χ0n) is 14.5. The highest BCUT2D eigenvalue weighted by molar-refractivity contribution is 6.30. The number of hydrogen-bond acceptors (Lipinski definition) is 4. The van der Waals surface area contributed by atoms with Gasteiger partial charge in [-0.3, -0.25) is 4.79 Å². The highest BCUT2D eigenvalue weighted by Crippen LogP contribution is 2.20. The van der Waals surface area contributed by atoms with Crippen molar-refractivity contribution in [2.45, 2.75) is 38.1 Å². The molecule has 132 valence electrons. The smallest absolute Gasteiger partial charge is 0.222 e. The molecule has 0 aliphatic carbocycles. The summed E-state index contributed by atoms with van der Waals surface area (Å²) >= 11 is 5.89. The Bertz CT molecular complexity index is 542. The SMILES string of the molecule is CN1CCCCC1CCC(=O)N1CCN(c2ccc(Cl)cn2)CC1. The molecule has 0 spiro atoms. The summed E-state index contributed by atoms with van der Waals surface area (Å²) in [5, 5.41) is 0.653. The Kier molecular flexibility index (Phi) is 5.95.